The summed E-state index contributed by atoms with van der Waals surface area (Å²) in [4.78, 5) is 12.2. The first-order valence-electron chi connectivity index (χ1n) is 7.62. The number of amides is 2. The molecule has 5 nitrogen and oxygen atoms in total. The van der Waals surface area contributed by atoms with Crippen molar-refractivity contribution in [1.29, 1.82) is 0 Å². The van der Waals surface area contributed by atoms with Crippen LogP contribution in [0.5, 0.6) is 11.5 Å². The Kier molecular flexibility index (Phi) is 6.32. The Bertz CT molecular complexity index is 689. The van der Waals surface area contributed by atoms with E-state index in [0.29, 0.717) is 22.2 Å². The molecule has 0 saturated heterocycles. The lowest BCUT2D eigenvalue weighted by Gasteiger charge is -2.19. The number of anilines is 1. The molecule has 24 heavy (non-hydrogen) atoms. The number of urea groups is 1. The van der Waals surface area contributed by atoms with Crippen LogP contribution in [0.15, 0.2) is 42.5 Å². The molecule has 0 aliphatic rings. The van der Waals surface area contributed by atoms with Gasteiger partial charge in [-0.15, -0.1) is 0 Å². The maximum atomic E-state index is 12.2. The highest BCUT2D eigenvalue weighted by atomic mass is 35.5. The summed E-state index contributed by atoms with van der Waals surface area (Å²) in [6.45, 7) is 2.00. The maximum Gasteiger partial charge on any atom is 0.319 e. The number of hydrogen-bond acceptors (Lipinski definition) is 3. The zero-order valence-electron chi connectivity index (χ0n) is 13.9. The summed E-state index contributed by atoms with van der Waals surface area (Å²) in [5.41, 5.74) is 1.63. The Morgan fingerprint density at radius 3 is 2.33 bits per heavy atom. The molecular weight excluding hydrogens is 328 g/mol. The molecule has 2 N–H and O–H groups in total. The first kappa shape index (κ1) is 17.9. The van der Waals surface area contributed by atoms with E-state index < -0.39 is 0 Å². The lowest BCUT2D eigenvalue weighted by atomic mass is 10.0. The molecule has 0 unspecified atom stereocenters. The second-order valence-electron chi connectivity index (χ2n) is 5.18. The van der Waals surface area contributed by atoms with Crippen molar-refractivity contribution in [2.24, 2.45) is 0 Å². The molecule has 0 radical (unpaired) electrons. The third kappa shape index (κ3) is 4.55. The van der Waals surface area contributed by atoms with Crippen molar-refractivity contribution < 1.29 is 14.3 Å². The Morgan fingerprint density at radius 2 is 1.75 bits per heavy atom. The van der Waals surface area contributed by atoms with Gasteiger partial charge in [-0.1, -0.05) is 24.6 Å². The number of carbonyl (C=O) groups is 1. The predicted octanol–water partition coefficient (Wildman–Crippen LogP) is 4.63. The van der Waals surface area contributed by atoms with Crippen LogP contribution in [0.2, 0.25) is 5.02 Å². The molecule has 0 bridgehead atoms. The second kappa shape index (κ2) is 8.45. The molecule has 0 heterocycles. The van der Waals surface area contributed by atoms with Crippen LogP contribution in [-0.2, 0) is 0 Å². The molecule has 2 amide bonds. The Labute approximate surface area is 146 Å². The van der Waals surface area contributed by atoms with Gasteiger partial charge in [0.25, 0.3) is 0 Å². The number of halogens is 1. The number of benzene rings is 2. The van der Waals surface area contributed by atoms with E-state index in [9.17, 15) is 4.79 Å². The molecule has 1 atom stereocenters. The van der Waals surface area contributed by atoms with E-state index in [1.165, 1.54) is 0 Å². The molecule has 2 aromatic rings. The minimum atomic E-state index is -0.279. The lowest BCUT2D eigenvalue weighted by molar-refractivity contribution is 0.248. The number of methoxy groups -OCH3 is 2. The molecule has 0 aromatic heterocycles. The van der Waals surface area contributed by atoms with Crippen molar-refractivity contribution in [3.05, 3.63) is 53.1 Å². The van der Waals surface area contributed by atoms with Crippen LogP contribution in [0.3, 0.4) is 0 Å². The van der Waals surface area contributed by atoms with Gasteiger partial charge in [-0.05, 0) is 48.4 Å². The normalized spacial score (nSPS) is 11.5. The quantitative estimate of drug-likeness (QED) is 0.800. The summed E-state index contributed by atoms with van der Waals surface area (Å²) in [6.07, 6.45) is 0.740. The van der Waals surface area contributed by atoms with E-state index in [1.807, 2.05) is 25.1 Å². The summed E-state index contributed by atoms with van der Waals surface area (Å²) in [5, 5.41) is 6.37. The van der Waals surface area contributed by atoms with Gasteiger partial charge in [0.2, 0.25) is 0 Å². The number of nitrogens with one attached hydrogen (secondary N) is 2. The van der Waals surface area contributed by atoms with Gasteiger partial charge >= 0.3 is 6.03 Å². The van der Waals surface area contributed by atoms with E-state index >= 15 is 0 Å². The van der Waals surface area contributed by atoms with Crippen molar-refractivity contribution >= 4 is 23.3 Å². The summed E-state index contributed by atoms with van der Waals surface area (Å²) in [7, 11) is 3.18. The summed E-state index contributed by atoms with van der Waals surface area (Å²) in [5.74, 6) is 1.29. The van der Waals surface area contributed by atoms with Gasteiger partial charge in [0.15, 0.2) is 11.5 Å². The van der Waals surface area contributed by atoms with Gasteiger partial charge in [0.05, 0.1) is 20.3 Å². The van der Waals surface area contributed by atoms with Gasteiger partial charge < -0.3 is 20.1 Å². The molecule has 128 valence electrons. The van der Waals surface area contributed by atoms with E-state index in [4.69, 9.17) is 21.1 Å². The summed E-state index contributed by atoms with van der Waals surface area (Å²) in [6, 6.07) is 12.1. The largest absolute Gasteiger partial charge is 0.493 e. The van der Waals surface area contributed by atoms with E-state index in [-0.39, 0.29) is 12.1 Å². The smallest absolute Gasteiger partial charge is 0.319 e. The van der Waals surface area contributed by atoms with Crippen molar-refractivity contribution in [3.8, 4) is 11.5 Å². The highest BCUT2D eigenvalue weighted by Crippen LogP contribution is 2.30. The minimum absolute atomic E-state index is 0.142. The molecule has 0 spiro atoms. The molecule has 0 aliphatic carbocycles. The number of rotatable bonds is 6. The molecule has 6 heteroatoms. The van der Waals surface area contributed by atoms with E-state index in [2.05, 4.69) is 10.6 Å². The van der Waals surface area contributed by atoms with Crippen molar-refractivity contribution in [2.45, 2.75) is 19.4 Å². The average molecular weight is 349 g/mol. The monoisotopic (exact) mass is 348 g/mol. The Morgan fingerprint density at radius 1 is 1.08 bits per heavy atom. The zero-order valence-corrected chi connectivity index (χ0v) is 14.7. The summed E-state index contributed by atoms with van der Waals surface area (Å²) < 4.78 is 10.6. The topological polar surface area (TPSA) is 59.6 Å². The molecular formula is C18H21ClN2O3. The molecule has 0 aliphatic heterocycles. The second-order valence-corrected chi connectivity index (χ2v) is 5.62. The lowest BCUT2D eigenvalue weighted by Crippen LogP contribution is -2.32. The van der Waals surface area contributed by atoms with Crippen LogP contribution in [0, 0.1) is 0 Å². The fraction of sp³-hybridized carbons (Fsp3) is 0.278. The van der Waals surface area contributed by atoms with E-state index in [0.717, 1.165) is 12.0 Å². The van der Waals surface area contributed by atoms with Crippen LogP contribution in [0.25, 0.3) is 0 Å². The van der Waals surface area contributed by atoms with Crippen LogP contribution < -0.4 is 20.1 Å². The van der Waals surface area contributed by atoms with Crippen LogP contribution in [-0.4, -0.2) is 20.3 Å². The van der Waals surface area contributed by atoms with Gasteiger partial charge in [-0.2, -0.15) is 0 Å². The molecule has 2 rings (SSSR count). The number of carbonyl (C=O) groups excluding carboxylic acids is 1. The van der Waals surface area contributed by atoms with Gasteiger partial charge in [-0.25, -0.2) is 4.79 Å². The molecule has 0 saturated carbocycles. The van der Waals surface area contributed by atoms with Crippen molar-refractivity contribution in [1.82, 2.24) is 5.32 Å². The fourth-order valence-electron chi connectivity index (χ4n) is 2.35. The van der Waals surface area contributed by atoms with Gasteiger partial charge in [0, 0.05) is 10.7 Å². The first-order chi connectivity index (χ1) is 11.6. The third-order valence-corrected chi connectivity index (χ3v) is 3.88. The van der Waals surface area contributed by atoms with Crippen molar-refractivity contribution in [3.63, 3.8) is 0 Å². The van der Waals surface area contributed by atoms with E-state index in [1.54, 1.807) is 38.5 Å². The average Bonchev–Trinajstić information content (AvgIpc) is 2.61. The SMILES string of the molecule is CC[C@@H](NC(=O)Nc1ccc(Cl)cc1)c1ccc(OC)c(OC)c1. The van der Waals surface area contributed by atoms with Gasteiger partial charge in [0.1, 0.15) is 0 Å². The zero-order chi connectivity index (χ0) is 17.5. The van der Waals surface area contributed by atoms with Crippen molar-refractivity contribution in [2.75, 3.05) is 19.5 Å². The molecule has 0 fully saturated rings. The third-order valence-electron chi connectivity index (χ3n) is 3.63. The summed E-state index contributed by atoms with van der Waals surface area (Å²) >= 11 is 5.84. The van der Waals surface area contributed by atoms with Crippen LogP contribution in [0.4, 0.5) is 10.5 Å². The van der Waals surface area contributed by atoms with Crippen LogP contribution in [0.1, 0.15) is 24.9 Å². The van der Waals surface area contributed by atoms with Crippen LogP contribution >= 0.6 is 11.6 Å². The first-order valence-corrected chi connectivity index (χ1v) is 8.00. The predicted molar refractivity (Wildman–Crippen MR) is 96.2 cm³/mol. The Hall–Kier alpha value is -2.40. The number of ether oxygens (including phenoxy) is 2. The minimum Gasteiger partial charge on any atom is -0.493 e. The number of hydrogen-bond donors (Lipinski definition) is 2. The van der Waals surface area contributed by atoms with Gasteiger partial charge in [-0.3, -0.25) is 0 Å². The highest BCUT2D eigenvalue weighted by molar-refractivity contribution is 6.30. The highest BCUT2D eigenvalue weighted by Gasteiger charge is 2.15. The fourth-order valence-corrected chi connectivity index (χ4v) is 2.48. The maximum absolute atomic E-state index is 12.2. The Balaban J connectivity index is 2.08. The molecule has 2 aromatic carbocycles. The standard InChI is InChI=1S/C18H21ClN2O3/c1-4-15(12-5-10-16(23-2)17(11-12)24-3)21-18(22)20-14-8-6-13(19)7-9-14/h5-11,15H,4H2,1-3H3,(H2,20,21,22)/t15-/m1/s1.